The number of amides is 2. The maximum absolute atomic E-state index is 14.2. The lowest BCUT2D eigenvalue weighted by atomic mass is 9.96. The van der Waals surface area contributed by atoms with Crippen molar-refractivity contribution in [3.05, 3.63) is 93.0 Å². The van der Waals surface area contributed by atoms with Gasteiger partial charge in [0.1, 0.15) is 0 Å². The van der Waals surface area contributed by atoms with Gasteiger partial charge in [-0.15, -0.1) is 0 Å². The summed E-state index contributed by atoms with van der Waals surface area (Å²) in [4.78, 5) is 12.4. The summed E-state index contributed by atoms with van der Waals surface area (Å²) in [5.74, 6) is -3.48. The number of nitrogens with one attached hydrogen (secondary N) is 3. The van der Waals surface area contributed by atoms with E-state index in [4.69, 9.17) is 23.2 Å². The molecule has 190 valence electrons. The van der Waals surface area contributed by atoms with Crippen LogP contribution in [0.15, 0.2) is 65.6 Å². The van der Waals surface area contributed by atoms with Crippen molar-refractivity contribution in [1.29, 1.82) is 0 Å². The van der Waals surface area contributed by atoms with Crippen LogP contribution in [0.5, 0.6) is 0 Å². The van der Waals surface area contributed by atoms with E-state index in [1.54, 1.807) is 31.2 Å². The molecule has 0 saturated carbocycles. The van der Waals surface area contributed by atoms with E-state index in [0.29, 0.717) is 33.4 Å². The van der Waals surface area contributed by atoms with E-state index >= 15 is 0 Å². The Morgan fingerprint density at radius 1 is 1.11 bits per heavy atom. The van der Waals surface area contributed by atoms with Gasteiger partial charge in [-0.1, -0.05) is 47.5 Å². The summed E-state index contributed by atoms with van der Waals surface area (Å²) in [5, 5.41) is 8.76. The Bertz CT molecular complexity index is 1400. The third-order valence-electron chi connectivity index (χ3n) is 5.85. The first kappa shape index (κ1) is 26.3. The summed E-state index contributed by atoms with van der Waals surface area (Å²) >= 11 is 12.2. The van der Waals surface area contributed by atoms with Gasteiger partial charge in [-0.2, -0.15) is 8.78 Å². The van der Waals surface area contributed by atoms with Crippen molar-refractivity contribution in [2.45, 2.75) is 36.1 Å². The molecule has 0 radical (unpaired) electrons. The number of halogens is 4. The molecule has 2 amide bonds. The number of sulfone groups is 1. The molecule has 4 rings (SSSR count). The fourth-order valence-corrected chi connectivity index (χ4v) is 5.81. The molecule has 1 unspecified atom stereocenters. The van der Waals surface area contributed by atoms with Crippen LogP contribution in [-0.4, -0.2) is 21.0 Å². The van der Waals surface area contributed by atoms with E-state index in [2.05, 4.69) is 16.0 Å². The summed E-state index contributed by atoms with van der Waals surface area (Å²) in [7, 11) is -3.80. The van der Waals surface area contributed by atoms with Crippen molar-refractivity contribution in [2.75, 3.05) is 11.9 Å². The van der Waals surface area contributed by atoms with Crippen LogP contribution >= 0.6 is 23.2 Å². The summed E-state index contributed by atoms with van der Waals surface area (Å²) in [5.41, 5.74) is 1.61. The number of alkyl halides is 2. The van der Waals surface area contributed by atoms with Crippen LogP contribution in [0.3, 0.4) is 0 Å². The highest BCUT2D eigenvalue weighted by Gasteiger charge is 2.36. The molecule has 0 spiro atoms. The molecule has 36 heavy (non-hydrogen) atoms. The lowest BCUT2D eigenvalue weighted by Gasteiger charge is -2.26. The Morgan fingerprint density at radius 2 is 1.83 bits per heavy atom. The molecule has 0 bridgehead atoms. The van der Waals surface area contributed by atoms with E-state index in [1.807, 2.05) is 0 Å². The van der Waals surface area contributed by atoms with Gasteiger partial charge in [0.15, 0.2) is 9.84 Å². The lowest BCUT2D eigenvalue weighted by molar-refractivity contribution is -0.0108. The zero-order chi connectivity index (χ0) is 26.1. The number of urea groups is 1. The molecule has 0 aliphatic carbocycles. The Kier molecular flexibility index (Phi) is 7.56. The highest BCUT2D eigenvalue weighted by molar-refractivity contribution is 7.90. The average Bonchev–Trinajstić information content (AvgIpc) is 2.81. The minimum absolute atomic E-state index is 0.0127. The fourth-order valence-electron chi connectivity index (χ4n) is 4.00. The number of carbonyl (C=O) groups excluding carboxylic acids is 1. The highest BCUT2D eigenvalue weighted by Crippen LogP contribution is 2.34. The molecule has 3 aromatic rings. The van der Waals surface area contributed by atoms with Crippen molar-refractivity contribution in [3.63, 3.8) is 0 Å². The number of benzene rings is 3. The molecular weight excluding hydrogens is 531 g/mol. The predicted octanol–water partition coefficient (Wildman–Crippen LogP) is 6.05. The smallest absolute Gasteiger partial charge is 0.319 e. The fraction of sp³-hybridized carbons (Fsp3) is 0.240. The number of fused-ring (bicyclic) bond motifs is 1. The standard InChI is InChI=1S/C25H23Cl2F2N3O3S/c1-15(20-3-2-4-22(26)23(20)27)31-24(33)32-18-7-9-19(10-8-18)36(34,35)13-16-5-6-17-12-30-14-25(28,29)21(17)11-16/h2-11,15,30H,12-14H2,1H3,(H2,31,32,33). The SMILES string of the molecule is CC(NC(=O)Nc1ccc(S(=O)(=O)Cc2ccc3c(c2)C(F)(F)CNC3)cc1)c1cccc(Cl)c1Cl. The van der Waals surface area contributed by atoms with Crippen molar-refractivity contribution in [3.8, 4) is 0 Å². The van der Waals surface area contributed by atoms with E-state index in [1.165, 1.54) is 36.4 Å². The molecule has 1 heterocycles. The van der Waals surface area contributed by atoms with E-state index < -0.39 is 40.1 Å². The van der Waals surface area contributed by atoms with Crippen LogP contribution in [-0.2, 0) is 28.1 Å². The highest BCUT2D eigenvalue weighted by atomic mass is 35.5. The Morgan fingerprint density at radius 3 is 2.56 bits per heavy atom. The number of hydrogen-bond donors (Lipinski definition) is 3. The van der Waals surface area contributed by atoms with Gasteiger partial charge in [0.2, 0.25) is 0 Å². The van der Waals surface area contributed by atoms with Gasteiger partial charge in [0.25, 0.3) is 5.92 Å². The number of rotatable bonds is 6. The molecule has 6 nitrogen and oxygen atoms in total. The molecule has 1 atom stereocenters. The molecule has 3 N–H and O–H groups in total. The first-order chi connectivity index (χ1) is 17.0. The zero-order valence-corrected chi connectivity index (χ0v) is 21.4. The first-order valence-electron chi connectivity index (χ1n) is 11.0. The third kappa shape index (κ3) is 5.81. The molecule has 1 aliphatic heterocycles. The summed E-state index contributed by atoms with van der Waals surface area (Å²) in [6.07, 6.45) is 0. The van der Waals surface area contributed by atoms with Gasteiger partial charge < -0.3 is 16.0 Å². The van der Waals surface area contributed by atoms with Crippen LogP contribution in [0.4, 0.5) is 19.3 Å². The van der Waals surface area contributed by atoms with Crippen LogP contribution in [0, 0.1) is 0 Å². The quantitative estimate of drug-likeness (QED) is 0.347. The van der Waals surface area contributed by atoms with Crippen LogP contribution in [0.1, 0.15) is 35.2 Å². The van der Waals surface area contributed by atoms with E-state index in [-0.39, 0.29) is 16.0 Å². The maximum Gasteiger partial charge on any atom is 0.319 e. The molecule has 1 aliphatic rings. The van der Waals surface area contributed by atoms with Gasteiger partial charge in [0, 0.05) is 17.8 Å². The average molecular weight is 554 g/mol. The van der Waals surface area contributed by atoms with Crippen LogP contribution < -0.4 is 16.0 Å². The zero-order valence-electron chi connectivity index (χ0n) is 19.1. The van der Waals surface area contributed by atoms with E-state index in [9.17, 15) is 22.0 Å². The second kappa shape index (κ2) is 10.3. The van der Waals surface area contributed by atoms with Gasteiger partial charge in [-0.05, 0) is 60.0 Å². The predicted molar refractivity (Wildman–Crippen MR) is 136 cm³/mol. The lowest BCUT2D eigenvalue weighted by Crippen LogP contribution is -2.36. The van der Waals surface area contributed by atoms with Gasteiger partial charge >= 0.3 is 6.03 Å². The third-order valence-corrected chi connectivity index (χ3v) is 8.39. The largest absolute Gasteiger partial charge is 0.331 e. The van der Waals surface area contributed by atoms with E-state index in [0.717, 1.165) is 0 Å². The number of hydrogen-bond acceptors (Lipinski definition) is 4. The number of carbonyl (C=O) groups is 1. The molecular formula is C25H23Cl2F2N3O3S. The van der Waals surface area contributed by atoms with Crippen LogP contribution in [0.25, 0.3) is 0 Å². The number of anilines is 1. The normalized spacial score (nSPS) is 15.6. The molecule has 0 aromatic heterocycles. The summed E-state index contributed by atoms with van der Waals surface area (Å²) in [6, 6.07) is 14.1. The topological polar surface area (TPSA) is 87.3 Å². The van der Waals surface area contributed by atoms with Gasteiger partial charge in [0.05, 0.1) is 33.3 Å². The molecule has 0 saturated heterocycles. The Hall–Kier alpha value is -2.72. The van der Waals surface area contributed by atoms with Crippen molar-refractivity contribution in [2.24, 2.45) is 0 Å². The maximum atomic E-state index is 14.2. The minimum atomic E-state index is -3.80. The Labute approximate surface area is 217 Å². The van der Waals surface area contributed by atoms with Crippen LogP contribution in [0.2, 0.25) is 10.0 Å². The second-order valence-electron chi connectivity index (χ2n) is 8.55. The van der Waals surface area contributed by atoms with Gasteiger partial charge in [-0.3, -0.25) is 0 Å². The minimum Gasteiger partial charge on any atom is -0.331 e. The monoisotopic (exact) mass is 553 g/mol. The van der Waals surface area contributed by atoms with Crippen molar-refractivity contribution >= 4 is 44.8 Å². The molecule has 0 fully saturated rings. The molecule has 11 heteroatoms. The summed E-state index contributed by atoms with van der Waals surface area (Å²) < 4.78 is 54.3. The van der Waals surface area contributed by atoms with Gasteiger partial charge in [-0.25, -0.2) is 13.2 Å². The summed E-state index contributed by atoms with van der Waals surface area (Å²) in [6.45, 7) is 1.58. The second-order valence-corrected chi connectivity index (χ2v) is 11.3. The Balaban J connectivity index is 1.42. The van der Waals surface area contributed by atoms with Crippen molar-refractivity contribution < 1.29 is 22.0 Å². The van der Waals surface area contributed by atoms with Crippen molar-refractivity contribution in [1.82, 2.24) is 10.6 Å². The first-order valence-corrected chi connectivity index (χ1v) is 13.4. The molecule has 3 aromatic carbocycles.